The van der Waals surface area contributed by atoms with Crippen LogP contribution >= 0.6 is 0 Å². The molecule has 4 heterocycles. The number of imidazole rings is 1. The lowest BCUT2D eigenvalue weighted by Gasteiger charge is -2.35. The number of amides is 1. The molecule has 0 radical (unpaired) electrons. The first kappa shape index (κ1) is 26.5. The number of anilines is 2. The van der Waals surface area contributed by atoms with Gasteiger partial charge >= 0.3 is 6.09 Å². The van der Waals surface area contributed by atoms with Crippen molar-refractivity contribution in [3.63, 3.8) is 0 Å². The lowest BCUT2D eigenvalue weighted by Crippen LogP contribution is -2.48. The highest BCUT2D eigenvalue weighted by atomic mass is 32.2. The van der Waals surface area contributed by atoms with Crippen molar-refractivity contribution in [3.8, 4) is 0 Å². The van der Waals surface area contributed by atoms with Crippen LogP contribution in [0.5, 0.6) is 0 Å². The molecule has 12 nitrogen and oxygen atoms in total. The number of nitrogens with one attached hydrogen (secondary N) is 3. The Morgan fingerprint density at radius 1 is 1.10 bits per heavy atom. The summed E-state index contributed by atoms with van der Waals surface area (Å²) in [5.41, 5.74) is 4.03. The molecule has 2 aliphatic carbocycles. The number of rotatable bonds is 7. The highest BCUT2D eigenvalue weighted by molar-refractivity contribution is 7.91. The molecule has 0 bridgehead atoms. The minimum absolute atomic E-state index is 0.104. The zero-order valence-corrected chi connectivity index (χ0v) is 23.8. The summed E-state index contributed by atoms with van der Waals surface area (Å²) < 4.78 is 27.0. The number of carbonyl (C=O) groups excluding carboxylic acids is 1. The summed E-state index contributed by atoms with van der Waals surface area (Å²) in [5.74, 6) is 3.85. The molecule has 214 valence electrons. The summed E-state index contributed by atoms with van der Waals surface area (Å²) in [6, 6.07) is 0.0149. The van der Waals surface area contributed by atoms with Crippen LogP contribution in [0.3, 0.4) is 0 Å². The maximum absolute atomic E-state index is 12.4. The van der Waals surface area contributed by atoms with E-state index < -0.39 is 22.1 Å². The second-order valence-corrected chi connectivity index (χ2v) is 14.3. The minimum Gasteiger partial charge on any atom is -0.365 e. The monoisotopic (exact) mass is 560 g/mol. The van der Waals surface area contributed by atoms with Gasteiger partial charge in [-0.3, -0.25) is 5.32 Å². The molecule has 0 aromatic carbocycles. The Kier molecular flexibility index (Phi) is 7.07. The molecule has 2 aromatic heterocycles. The lowest BCUT2D eigenvalue weighted by atomic mass is 9.80. The first-order chi connectivity index (χ1) is 18.7. The average Bonchev–Trinajstić information content (AvgIpc) is 3.42. The van der Waals surface area contributed by atoms with E-state index in [0.29, 0.717) is 35.7 Å². The van der Waals surface area contributed by atoms with Crippen LogP contribution in [0.15, 0.2) is 0 Å². The summed E-state index contributed by atoms with van der Waals surface area (Å²) in [5, 5.41) is 6.37. The highest BCUT2D eigenvalue weighted by Gasteiger charge is 2.35. The third-order valence-corrected chi connectivity index (χ3v) is 10.9. The topological polar surface area (TPSA) is 143 Å². The van der Waals surface area contributed by atoms with Gasteiger partial charge in [-0.1, -0.05) is 26.2 Å². The van der Waals surface area contributed by atoms with Crippen molar-refractivity contribution >= 4 is 38.9 Å². The Labute approximate surface area is 229 Å². The van der Waals surface area contributed by atoms with Crippen LogP contribution in [0.2, 0.25) is 0 Å². The molecule has 4 fully saturated rings. The molecule has 0 spiro atoms. The summed E-state index contributed by atoms with van der Waals surface area (Å²) in [7, 11) is -3.08. The number of hydrogen-bond donors (Lipinski definition) is 3. The fourth-order valence-corrected chi connectivity index (χ4v) is 7.97. The summed E-state index contributed by atoms with van der Waals surface area (Å²) in [4.78, 5) is 33.5. The van der Waals surface area contributed by atoms with E-state index in [1.807, 2.05) is 6.92 Å². The smallest absolute Gasteiger partial charge is 0.365 e. The number of fused-ring (bicyclic) bond motifs is 1. The number of sulfone groups is 1. The molecule has 2 unspecified atom stereocenters. The third kappa shape index (κ3) is 5.39. The van der Waals surface area contributed by atoms with Crippen molar-refractivity contribution in [2.75, 3.05) is 28.3 Å². The van der Waals surface area contributed by atoms with E-state index in [4.69, 9.17) is 19.8 Å². The van der Waals surface area contributed by atoms with Crippen LogP contribution in [0.4, 0.5) is 16.6 Å². The fourth-order valence-electron chi connectivity index (χ4n) is 6.41. The summed E-state index contributed by atoms with van der Waals surface area (Å²) in [6.07, 6.45) is 7.08. The maximum atomic E-state index is 12.4. The van der Waals surface area contributed by atoms with Crippen molar-refractivity contribution in [3.05, 3.63) is 5.82 Å². The van der Waals surface area contributed by atoms with Gasteiger partial charge in [0.1, 0.15) is 5.52 Å². The molecule has 3 atom stereocenters. The molecule has 2 aliphatic heterocycles. The summed E-state index contributed by atoms with van der Waals surface area (Å²) >= 11 is 0. The normalized spacial score (nSPS) is 30.0. The molecule has 2 aromatic rings. The molecule has 2 saturated carbocycles. The van der Waals surface area contributed by atoms with E-state index in [1.54, 1.807) is 0 Å². The fraction of sp³-hybridized carbons (Fsp3) is 0.769. The predicted molar refractivity (Wildman–Crippen MR) is 148 cm³/mol. The molecule has 13 heteroatoms. The molecular formula is C26H40N8O4S. The van der Waals surface area contributed by atoms with Gasteiger partial charge in [0.25, 0.3) is 0 Å². The second-order valence-electron chi connectivity index (χ2n) is 12.1. The van der Waals surface area contributed by atoms with Crippen molar-refractivity contribution in [2.45, 2.75) is 90.5 Å². The van der Waals surface area contributed by atoms with E-state index in [2.05, 4.69) is 39.4 Å². The lowest BCUT2D eigenvalue weighted by molar-refractivity contribution is 0.120. The van der Waals surface area contributed by atoms with Gasteiger partial charge in [0.2, 0.25) is 5.95 Å². The highest BCUT2D eigenvalue weighted by Crippen LogP contribution is 2.37. The van der Waals surface area contributed by atoms with Gasteiger partial charge in [0, 0.05) is 25.2 Å². The third-order valence-electron chi connectivity index (χ3n) is 9.11. The van der Waals surface area contributed by atoms with Crippen LogP contribution in [0, 0.1) is 17.8 Å². The quantitative estimate of drug-likeness (QED) is 0.462. The second kappa shape index (κ2) is 10.4. The number of hydrogen-bond acceptors (Lipinski definition) is 10. The van der Waals surface area contributed by atoms with Crippen LogP contribution in [-0.2, 0) is 21.2 Å². The Morgan fingerprint density at radius 3 is 2.51 bits per heavy atom. The first-order valence-corrected chi connectivity index (χ1v) is 16.2. The minimum atomic E-state index is -3.08. The van der Waals surface area contributed by atoms with Crippen LogP contribution in [-0.4, -0.2) is 64.2 Å². The summed E-state index contributed by atoms with van der Waals surface area (Å²) in [6.45, 7) is 7.64. The molecule has 1 amide bonds. The predicted octanol–water partition coefficient (Wildman–Crippen LogP) is 3.12. The molecule has 2 saturated heterocycles. The van der Waals surface area contributed by atoms with Gasteiger partial charge in [-0.15, -0.1) is 5.48 Å². The first-order valence-electron chi connectivity index (χ1n) is 14.4. The van der Waals surface area contributed by atoms with Crippen molar-refractivity contribution < 1.29 is 18.0 Å². The average molecular weight is 561 g/mol. The van der Waals surface area contributed by atoms with Gasteiger partial charge in [0.15, 0.2) is 33.3 Å². The number of nitrogens with zero attached hydrogens (tertiary/aromatic N) is 5. The molecule has 4 aliphatic rings. The van der Waals surface area contributed by atoms with E-state index in [-0.39, 0.29) is 23.6 Å². The van der Waals surface area contributed by atoms with Gasteiger partial charge in [-0.2, -0.15) is 4.98 Å². The van der Waals surface area contributed by atoms with E-state index in [1.165, 1.54) is 32.1 Å². The van der Waals surface area contributed by atoms with Gasteiger partial charge < -0.3 is 19.6 Å². The van der Waals surface area contributed by atoms with Crippen LogP contribution < -0.4 is 21.0 Å². The van der Waals surface area contributed by atoms with E-state index >= 15 is 0 Å². The zero-order chi connectivity index (χ0) is 27.3. The number of carbonyl (C=O) groups is 1. The number of hydroxylamine groups is 1. The van der Waals surface area contributed by atoms with Crippen molar-refractivity contribution in [2.24, 2.45) is 17.8 Å². The van der Waals surface area contributed by atoms with Gasteiger partial charge in [-0.05, 0) is 57.3 Å². The Bertz CT molecular complexity index is 1340. The van der Waals surface area contributed by atoms with Crippen molar-refractivity contribution in [1.82, 2.24) is 30.3 Å². The van der Waals surface area contributed by atoms with Crippen molar-refractivity contribution in [1.29, 1.82) is 0 Å². The van der Waals surface area contributed by atoms with E-state index in [9.17, 15) is 13.2 Å². The molecular weight excluding hydrogens is 520 g/mol. The van der Waals surface area contributed by atoms with Crippen LogP contribution in [0.25, 0.3) is 11.2 Å². The molecule has 3 N–H and O–H groups in total. The number of aromatic nitrogens is 4. The standard InChI is InChI=1S/C26H40N8O4S/c1-15-7-9-18(10-8-15)13-34-20-21(27-17(3)19-5-4-6-19)28-23(24-31-26(35)38-32-24)29-22(20)30-25(34)33-11-12-39(36,37)14-16(33)2/h15-19,24,32H,4-14H2,1-3H3,(H,31,35)(H,27,28,29)/t15?,16?,17-,18?,24?/m1/s1. The van der Waals surface area contributed by atoms with Crippen LogP contribution in [0.1, 0.15) is 77.7 Å². The van der Waals surface area contributed by atoms with Gasteiger partial charge in [-0.25, -0.2) is 23.2 Å². The Balaban J connectivity index is 1.45. The largest absolute Gasteiger partial charge is 0.427 e. The van der Waals surface area contributed by atoms with Gasteiger partial charge in [0.05, 0.1) is 11.5 Å². The zero-order valence-electron chi connectivity index (χ0n) is 23.0. The SMILES string of the molecule is CC1CCC(Cn2c(N3CCS(=O)(=O)CC3C)nc3nc(C4NOC(=O)N4)nc(N[C@H](C)C4CCC4)c32)CC1. The molecule has 6 rings (SSSR count). The molecule has 39 heavy (non-hydrogen) atoms. The maximum Gasteiger partial charge on any atom is 0.427 e. The Morgan fingerprint density at radius 2 is 1.87 bits per heavy atom. The van der Waals surface area contributed by atoms with E-state index in [0.717, 1.165) is 36.8 Å². The Hall–Kier alpha value is -2.67.